The van der Waals surface area contributed by atoms with Crippen molar-refractivity contribution in [2.24, 2.45) is 5.92 Å². The normalized spacial score (nSPS) is 16.5. The van der Waals surface area contributed by atoms with E-state index in [4.69, 9.17) is 9.97 Å². The topological polar surface area (TPSA) is 35.6 Å². The number of rotatable bonds is 3. The monoisotopic (exact) mass is 516 g/mol. The van der Waals surface area contributed by atoms with E-state index in [-0.39, 0.29) is 0 Å². The summed E-state index contributed by atoms with van der Waals surface area (Å²) in [6.45, 7) is 2.19. The summed E-state index contributed by atoms with van der Waals surface area (Å²) in [5, 5.41) is 3.72. The number of hydrogen-bond acceptors (Lipinski definition) is 2. The van der Waals surface area contributed by atoms with Gasteiger partial charge in [0.25, 0.3) is 0 Å². The van der Waals surface area contributed by atoms with Gasteiger partial charge in [0.05, 0.1) is 16.6 Å². The van der Waals surface area contributed by atoms with Gasteiger partial charge in [0.2, 0.25) is 5.95 Å². The SMILES string of the molecule is CC1C=CC=C(c2cnc(-n3c4c(c5ccc6c7ccccc7n(-c7ccccc7)c6c53)C=CCC4)nc2)C=C1. The second-order valence-corrected chi connectivity index (χ2v) is 10.7. The van der Waals surface area contributed by atoms with Gasteiger partial charge in [-0.1, -0.05) is 98.0 Å². The number of nitrogens with zero attached hydrogens (tertiary/aromatic N) is 4. The molecular formula is C36H28N4. The van der Waals surface area contributed by atoms with Gasteiger partial charge in [-0.05, 0) is 42.5 Å². The number of benzene rings is 3. The summed E-state index contributed by atoms with van der Waals surface area (Å²) in [5.41, 5.74) is 9.38. The molecule has 4 heteroatoms. The van der Waals surface area contributed by atoms with E-state index in [0.717, 1.165) is 35.2 Å². The third-order valence-corrected chi connectivity index (χ3v) is 8.19. The molecule has 192 valence electrons. The summed E-state index contributed by atoms with van der Waals surface area (Å²) in [4.78, 5) is 9.97. The maximum absolute atomic E-state index is 4.99. The lowest BCUT2D eigenvalue weighted by Crippen LogP contribution is -2.08. The Morgan fingerprint density at radius 1 is 0.750 bits per heavy atom. The van der Waals surface area contributed by atoms with Crippen LogP contribution in [0.4, 0.5) is 0 Å². The highest BCUT2D eigenvalue weighted by Gasteiger charge is 2.25. The van der Waals surface area contributed by atoms with Crippen LogP contribution in [0.3, 0.4) is 0 Å². The highest BCUT2D eigenvalue weighted by atomic mass is 15.2. The van der Waals surface area contributed by atoms with Gasteiger partial charge >= 0.3 is 0 Å². The smallest absolute Gasteiger partial charge is 0.234 e. The first-order valence-corrected chi connectivity index (χ1v) is 14.0. The van der Waals surface area contributed by atoms with Crippen molar-refractivity contribution in [1.29, 1.82) is 0 Å². The fourth-order valence-electron chi connectivity index (χ4n) is 6.30. The van der Waals surface area contributed by atoms with Gasteiger partial charge in [-0.3, -0.25) is 4.57 Å². The van der Waals surface area contributed by atoms with Crippen LogP contribution < -0.4 is 0 Å². The summed E-state index contributed by atoms with van der Waals surface area (Å²) in [6, 6.07) is 23.9. The largest absolute Gasteiger partial charge is 0.307 e. The molecule has 0 N–H and O–H groups in total. The fraction of sp³-hybridized carbons (Fsp3) is 0.111. The molecule has 4 nitrogen and oxygen atoms in total. The van der Waals surface area contributed by atoms with Crippen LogP contribution >= 0.6 is 0 Å². The quantitative estimate of drug-likeness (QED) is 0.236. The third-order valence-electron chi connectivity index (χ3n) is 8.19. The minimum Gasteiger partial charge on any atom is -0.307 e. The Hall–Kier alpha value is -4.96. The van der Waals surface area contributed by atoms with E-state index in [1.807, 2.05) is 12.4 Å². The van der Waals surface area contributed by atoms with Crippen molar-refractivity contribution in [2.75, 3.05) is 0 Å². The summed E-state index contributed by atoms with van der Waals surface area (Å²) < 4.78 is 4.72. The molecule has 0 bridgehead atoms. The predicted molar refractivity (Wildman–Crippen MR) is 166 cm³/mol. The molecule has 2 aliphatic rings. The molecule has 40 heavy (non-hydrogen) atoms. The van der Waals surface area contributed by atoms with Crippen LogP contribution in [0.15, 0.2) is 116 Å². The molecule has 1 unspecified atom stereocenters. The lowest BCUT2D eigenvalue weighted by Gasteiger charge is -2.14. The molecule has 0 spiro atoms. The number of aromatic nitrogens is 4. The van der Waals surface area contributed by atoms with E-state index in [1.165, 1.54) is 38.4 Å². The van der Waals surface area contributed by atoms with Crippen molar-refractivity contribution < 1.29 is 0 Å². The van der Waals surface area contributed by atoms with Crippen LogP contribution in [0.25, 0.3) is 56.0 Å². The second kappa shape index (κ2) is 9.06. The Kier molecular flexibility index (Phi) is 5.20. The summed E-state index contributed by atoms with van der Waals surface area (Å²) >= 11 is 0. The fourth-order valence-corrected chi connectivity index (χ4v) is 6.30. The Morgan fingerprint density at radius 2 is 1.52 bits per heavy atom. The van der Waals surface area contributed by atoms with Gasteiger partial charge in [-0.2, -0.15) is 0 Å². The third kappa shape index (κ3) is 3.46. The number of allylic oxidation sites excluding steroid dienone is 7. The minimum absolute atomic E-state index is 0.415. The average Bonchev–Trinajstić information content (AvgIpc) is 3.43. The summed E-state index contributed by atoms with van der Waals surface area (Å²) in [7, 11) is 0. The molecular weight excluding hydrogens is 488 g/mol. The predicted octanol–water partition coefficient (Wildman–Crippen LogP) is 8.62. The van der Waals surface area contributed by atoms with Crippen molar-refractivity contribution in [1.82, 2.24) is 19.1 Å². The van der Waals surface area contributed by atoms with Crippen molar-refractivity contribution >= 4 is 44.4 Å². The molecule has 0 aliphatic heterocycles. The standard InChI is InChI=1S/C36H28N4/c1-24-10-9-11-25(19-18-24)26-22-37-36(38-23-26)40-33-17-8-6-15-29(33)31-21-20-30-28-14-5-7-16-32(28)39(34(30)35(31)40)27-12-3-2-4-13-27/h2-7,9-16,18-24H,8,17H2,1H3. The van der Waals surface area contributed by atoms with Crippen LogP contribution in [-0.2, 0) is 6.42 Å². The zero-order chi connectivity index (χ0) is 26.6. The van der Waals surface area contributed by atoms with Gasteiger partial charge in [0.15, 0.2) is 0 Å². The van der Waals surface area contributed by atoms with Crippen molar-refractivity contribution in [3.63, 3.8) is 0 Å². The molecule has 3 aromatic carbocycles. The molecule has 3 aromatic heterocycles. The zero-order valence-corrected chi connectivity index (χ0v) is 22.3. The molecule has 0 saturated carbocycles. The molecule has 0 fully saturated rings. The molecule has 1 atom stereocenters. The Balaban J connectivity index is 1.44. The number of para-hydroxylation sites is 2. The summed E-state index contributed by atoms with van der Waals surface area (Å²) in [5.74, 6) is 1.13. The van der Waals surface area contributed by atoms with Crippen molar-refractivity contribution in [2.45, 2.75) is 19.8 Å². The van der Waals surface area contributed by atoms with E-state index in [0.29, 0.717) is 11.9 Å². The van der Waals surface area contributed by atoms with Crippen LogP contribution in [0.5, 0.6) is 0 Å². The highest BCUT2D eigenvalue weighted by molar-refractivity contribution is 6.19. The van der Waals surface area contributed by atoms with E-state index in [1.54, 1.807) is 0 Å². The van der Waals surface area contributed by atoms with Gasteiger partial charge in [-0.15, -0.1) is 0 Å². The first kappa shape index (κ1) is 23.0. The van der Waals surface area contributed by atoms with Crippen LogP contribution in [0.2, 0.25) is 0 Å². The van der Waals surface area contributed by atoms with E-state index in [2.05, 4.69) is 125 Å². The van der Waals surface area contributed by atoms with E-state index >= 15 is 0 Å². The van der Waals surface area contributed by atoms with Crippen LogP contribution in [0.1, 0.15) is 30.2 Å². The molecule has 0 saturated heterocycles. The molecule has 3 heterocycles. The van der Waals surface area contributed by atoms with Crippen LogP contribution in [0, 0.1) is 5.92 Å². The lowest BCUT2D eigenvalue weighted by atomic mass is 10.0. The maximum atomic E-state index is 4.99. The molecule has 0 radical (unpaired) electrons. The van der Waals surface area contributed by atoms with Gasteiger partial charge in [0, 0.05) is 51.1 Å². The number of fused-ring (bicyclic) bond motifs is 7. The Bertz CT molecular complexity index is 2050. The second-order valence-electron chi connectivity index (χ2n) is 10.7. The average molecular weight is 517 g/mol. The Labute approximate surface area is 232 Å². The number of hydrogen-bond donors (Lipinski definition) is 0. The zero-order valence-electron chi connectivity index (χ0n) is 22.3. The van der Waals surface area contributed by atoms with Crippen LogP contribution in [-0.4, -0.2) is 19.1 Å². The molecule has 0 amide bonds. The van der Waals surface area contributed by atoms with Crippen molar-refractivity contribution in [3.8, 4) is 11.6 Å². The van der Waals surface area contributed by atoms with Gasteiger partial charge < -0.3 is 4.57 Å². The maximum Gasteiger partial charge on any atom is 0.234 e. The minimum atomic E-state index is 0.415. The van der Waals surface area contributed by atoms with Gasteiger partial charge in [-0.25, -0.2) is 9.97 Å². The lowest BCUT2D eigenvalue weighted by molar-refractivity contribution is 0.845. The van der Waals surface area contributed by atoms with Crippen molar-refractivity contribution in [3.05, 3.63) is 132 Å². The Morgan fingerprint density at radius 3 is 2.40 bits per heavy atom. The molecule has 2 aliphatic carbocycles. The summed E-state index contributed by atoms with van der Waals surface area (Å²) in [6.07, 6.45) is 21.3. The molecule has 8 rings (SSSR count). The first-order valence-electron chi connectivity index (χ1n) is 14.0. The molecule has 6 aromatic rings. The van der Waals surface area contributed by atoms with E-state index in [9.17, 15) is 0 Å². The first-order chi connectivity index (χ1) is 19.8. The van der Waals surface area contributed by atoms with E-state index < -0.39 is 0 Å². The van der Waals surface area contributed by atoms with Gasteiger partial charge in [0.1, 0.15) is 0 Å². The highest BCUT2D eigenvalue weighted by Crippen LogP contribution is 2.41.